The molecule has 0 radical (unpaired) electrons. The van der Waals surface area contributed by atoms with E-state index in [4.69, 9.17) is 14.4 Å². The molecule has 0 fully saturated rings. The van der Waals surface area contributed by atoms with Crippen LogP contribution >= 0.6 is 0 Å². The number of ether oxygens (including phenoxy) is 1. The van der Waals surface area contributed by atoms with Crippen LogP contribution in [0.25, 0.3) is 0 Å². The van der Waals surface area contributed by atoms with E-state index in [0.29, 0.717) is 5.89 Å². The maximum atomic E-state index is 13.1. The number of hydrogen-bond donors (Lipinski definition) is 1. The van der Waals surface area contributed by atoms with Crippen molar-refractivity contribution in [1.29, 1.82) is 0 Å². The van der Waals surface area contributed by atoms with E-state index in [0.717, 1.165) is 18.2 Å². The Bertz CT molecular complexity index is 625. The van der Waals surface area contributed by atoms with Gasteiger partial charge in [0.25, 0.3) is 0 Å². The highest BCUT2D eigenvalue weighted by Crippen LogP contribution is 2.21. The summed E-state index contributed by atoms with van der Waals surface area (Å²) in [7, 11) is 0. The van der Waals surface area contributed by atoms with Gasteiger partial charge < -0.3 is 14.4 Å². The third kappa shape index (κ3) is 3.11. The summed E-state index contributed by atoms with van der Waals surface area (Å²) in [5, 5.41) is 12.7. The van der Waals surface area contributed by atoms with Gasteiger partial charge >= 0.3 is 5.97 Å². The van der Waals surface area contributed by atoms with Gasteiger partial charge in [0, 0.05) is 12.0 Å². The molecule has 2 aromatic rings. The van der Waals surface area contributed by atoms with Gasteiger partial charge in [0.05, 0.1) is 0 Å². The van der Waals surface area contributed by atoms with Gasteiger partial charge in [-0.2, -0.15) is 4.98 Å². The van der Waals surface area contributed by atoms with Crippen LogP contribution in [0.4, 0.5) is 4.39 Å². The standard InChI is InChI=1S/C13H13FN2O4/c1-7(2)12-15-11(16-20-12)6-19-10-5-8(14)3-4-9(10)13(17)18/h3-5,7H,6H2,1-2H3,(H,17,18). The summed E-state index contributed by atoms with van der Waals surface area (Å²) < 4.78 is 23.4. The van der Waals surface area contributed by atoms with Gasteiger partial charge in [-0.25, -0.2) is 9.18 Å². The van der Waals surface area contributed by atoms with Crippen molar-refractivity contribution in [3.63, 3.8) is 0 Å². The summed E-state index contributed by atoms with van der Waals surface area (Å²) in [6.45, 7) is 3.69. The molecular formula is C13H13FN2O4. The third-order valence-corrected chi connectivity index (χ3v) is 2.51. The van der Waals surface area contributed by atoms with Crippen LogP contribution in [0.5, 0.6) is 5.75 Å². The first-order valence-corrected chi connectivity index (χ1v) is 5.95. The smallest absolute Gasteiger partial charge is 0.339 e. The van der Waals surface area contributed by atoms with E-state index >= 15 is 0 Å². The Hall–Kier alpha value is -2.44. The molecule has 1 aromatic carbocycles. The number of nitrogens with zero attached hydrogens (tertiary/aromatic N) is 2. The lowest BCUT2D eigenvalue weighted by atomic mass is 10.2. The molecule has 1 heterocycles. The molecule has 0 aliphatic rings. The number of carboxylic acids is 1. The number of rotatable bonds is 5. The SMILES string of the molecule is CC(C)c1nc(COc2cc(F)ccc2C(=O)O)no1. The molecular weight excluding hydrogens is 267 g/mol. The minimum absolute atomic E-state index is 0.0756. The van der Waals surface area contributed by atoms with Crippen LogP contribution in [-0.4, -0.2) is 21.2 Å². The van der Waals surface area contributed by atoms with Crippen LogP contribution in [0.2, 0.25) is 0 Å². The van der Waals surface area contributed by atoms with Gasteiger partial charge in [-0.05, 0) is 12.1 Å². The lowest BCUT2D eigenvalue weighted by molar-refractivity contribution is 0.0691. The lowest BCUT2D eigenvalue weighted by Crippen LogP contribution is -2.05. The van der Waals surface area contributed by atoms with Crippen molar-refractivity contribution in [3.05, 3.63) is 41.3 Å². The summed E-state index contributed by atoms with van der Waals surface area (Å²) in [4.78, 5) is 15.1. The monoisotopic (exact) mass is 280 g/mol. The van der Waals surface area contributed by atoms with Gasteiger partial charge in [-0.1, -0.05) is 19.0 Å². The second-order valence-corrected chi connectivity index (χ2v) is 4.44. The molecule has 0 unspecified atom stereocenters. The number of carboxylic acid groups (broad SMARTS) is 1. The minimum Gasteiger partial charge on any atom is -0.484 e. The van der Waals surface area contributed by atoms with Gasteiger partial charge in [-0.3, -0.25) is 0 Å². The van der Waals surface area contributed by atoms with E-state index in [1.807, 2.05) is 13.8 Å². The maximum absolute atomic E-state index is 13.1. The molecule has 0 spiro atoms. The first-order valence-electron chi connectivity index (χ1n) is 5.95. The number of halogens is 1. The fraction of sp³-hybridized carbons (Fsp3) is 0.308. The summed E-state index contributed by atoms with van der Waals surface area (Å²) in [5.74, 6) is -1.04. The topological polar surface area (TPSA) is 85.5 Å². The van der Waals surface area contributed by atoms with Crippen LogP contribution in [-0.2, 0) is 6.61 Å². The normalized spacial score (nSPS) is 10.8. The summed E-state index contributed by atoms with van der Waals surface area (Å²) in [6, 6.07) is 3.21. The highest BCUT2D eigenvalue weighted by Gasteiger charge is 2.14. The summed E-state index contributed by atoms with van der Waals surface area (Å²) in [6.07, 6.45) is 0. The molecule has 0 saturated carbocycles. The highest BCUT2D eigenvalue weighted by molar-refractivity contribution is 5.90. The zero-order valence-corrected chi connectivity index (χ0v) is 11.0. The predicted octanol–water partition coefficient (Wildman–Crippen LogP) is 2.61. The largest absolute Gasteiger partial charge is 0.484 e. The van der Waals surface area contributed by atoms with Crippen molar-refractivity contribution in [1.82, 2.24) is 10.1 Å². The molecule has 7 heteroatoms. The van der Waals surface area contributed by atoms with Crippen molar-refractivity contribution in [3.8, 4) is 5.75 Å². The van der Waals surface area contributed by atoms with Crippen molar-refractivity contribution in [2.24, 2.45) is 0 Å². The second kappa shape index (κ2) is 5.68. The molecule has 0 aliphatic carbocycles. The third-order valence-electron chi connectivity index (χ3n) is 2.51. The van der Waals surface area contributed by atoms with E-state index in [9.17, 15) is 9.18 Å². The van der Waals surface area contributed by atoms with Crippen molar-refractivity contribution in [2.75, 3.05) is 0 Å². The fourth-order valence-electron chi connectivity index (χ4n) is 1.50. The average Bonchev–Trinajstić information content (AvgIpc) is 2.85. The maximum Gasteiger partial charge on any atom is 0.339 e. The zero-order valence-electron chi connectivity index (χ0n) is 11.0. The molecule has 1 aromatic heterocycles. The average molecular weight is 280 g/mol. The fourth-order valence-corrected chi connectivity index (χ4v) is 1.50. The van der Waals surface area contributed by atoms with Crippen LogP contribution in [0, 0.1) is 5.82 Å². The predicted molar refractivity (Wildman–Crippen MR) is 66.1 cm³/mol. The Labute approximate surface area is 114 Å². The first kappa shape index (κ1) is 14.0. The molecule has 0 aliphatic heterocycles. The molecule has 0 amide bonds. The highest BCUT2D eigenvalue weighted by atomic mass is 19.1. The van der Waals surface area contributed by atoms with Crippen LogP contribution < -0.4 is 4.74 Å². The zero-order chi connectivity index (χ0) is 14.7. The Morgan fingerprint density at radius 2 is 2.25 bits per heavy atom. The number of aromatic carboxylic acids is 1. The number of hydrogen-bond acceptors (Lipinski definition) is 5. The number of benzene rings is 1. The Morgan fingerprint density at radius 3 is 2.85 bits per heavy atom. The van der Waals surface area contributed by atoms with Gasteiger partial charge in [0.15, 0.2) is 6.61 Å². The first-order chi connectivity index (χ1) is 9.47. The molecule has 2 rings (SSSR count). The van der Waals surface area contributed by atoms with Crippen molar-refractivity contribution in [2.45, 2.75) is 26.4 Å². The quantitative estimate of drug-likeness (QED) is 0.906. The molecule has 1 N–H and O–H groups in total. The number of aromatic nitrogens is 2. The Kier molecular flexibility index (Phi) is 3.97. The molecule has 6 nitrogen and oxygen atoms in total. The van der Waals surface area contributed by atoms with E-state index in [1.165, 1.54) is 0 Å². The Morgan fingerprint density at radius 1 is 1.50 bits per heavy atom. The molecule has 0 bridgehead atoms. The van der Waals surface area contributed by atoms with E-state index in [1.54, 1.807) is 0 Å². The van der Waals surface area contributed by atoms with Crippen LogP contribution in [0.1, 0.15) is 41.8 Å². The number of carbonyl (C=O) groups is 1. The molecule has 106 valence electrons. The second-order valence-electron chi connectivity index (χ2n) is 4.44. The van der Waals surface area contributed by atoms with Gasteiger partial charge in [0.1, 0.15) is 17.1 Å². The van der Waals surface area contributed by atoms with Gasteiger partial charge in [0.2, 0.25) is 11.7 Å². The molecule has 0 atom stereocenters. The van der Waals surface area contributed by atoms with Crippen molar-refractivity contribution >= 4 is 5.97 Å². The Balaban J connectivity index is 2.13. The summed E-state index contributed by atoms with van der Waals surface area (Å²) >= 11 is 0. The van der Waals surface area contributed by atoms with Gasteiger partial charge in [-0.15, -0.1) is 0 Å². The van der Waals surface area contributed by atoms with E-state index in [-0.39, 0.29) is 29.7 Å². The van der Waals surface area contributed by atoms with E-state index < -0.39 is 11.8 Å². The molecule has 20 heavy (non-hydrogen) atoms. The minimum atomic E-state index is -1.20. The van der Waals surface area contributed by atoms with Crippen molar-refractivity contribution < 1.29 is 23.6 Å². The lowest BCUT2D eigenvalue weighted by Gasteiger charge is -2.06. The molecule has 0 saturated heterocycles. The van der Waals surface area contributed by atoms with E-state index in [2.05, 4.69) is 10.1 Å². The summed E-state index contributed by atoms with van der Waals surface area (Å²) in [5.41, 5.74) is -0.126. The van der Waals surface area contributed by atoms with Crippen LogP contribution in [0.15, 0.2) is 22.7 Å². The van der Waals surface area contributed by atoms with Crippen LogP contribution in [0.3, 0.4) is 0 Å².